The number of hydrogen-bond donors (Lipinski definition) is 0. The summed E-state index contributed by atoms with van der Waals surface area (Å²) in [6.45, 7) is 1.89. The van der Waals surface area contributed by atoms with Crippen molar-refractivity contribution in [1.29, 1.82) is 0 Å². The molecule has 0 spiro atoms. The van der Waals surface area contributed by atoms with Crippen molar-refractivity contribution in [2.45, 2.75) is 11.8 Å². The Balaban J connectivity index is 2.03. The molecule has 106 valence electrons. The number of hydrogen-bond acceptors (Lipinski definition) is 4. The van der Waals surface area contributed by atoms with Gasteiger partial charge in [-0.1, -0.05) is 29.8 Å². The fourth-order valence-corrected chi connectivity index (χ4v) is 2.83. The van der Waals surface area contributed by atoms with Crippen LogP contribution in [0.25, 0.3) is 11.0 Å². The molecule has 3 aromatic rings. The van der Waals surface area contributed by atoms with Gasteiger partial charge in [0.2, 0.25) is 6.20 Å². The lowest BCUT2D eigenvalue weighted by molar-refractivity contribution is -0.835. The summed E-state index contributed by atoms with van der Waals surface area (Å²) in [5.41, 5.74) is 2.21. The maximum Gasteiger partial charge on any atom is 0.396 e. The maximum absolute atomic E-state index is 12.3. The number of rotatable bonds is 3. The molecule has 0 radical (unpaired) electrons. The molecular weight excluding hydrogens is 288 g/mol. The molecule has 0 saturated heterocycles. The third kappa shape index (κ3) is 2.71. The van der Waals surface area contributed by atoms with Crippen molar-refractivity contribution in [3.63, 3.8) is 0 Å². The molecule has 3 rings (SSSR count). The molecule has 0 aliphatic rings. The highest BCUT2D eigenvalue weighted by molar-refractivity contribution is 7.86. The predicted molar refractivity (Wildman–Crippen MR) is 76.9 cm³/mol. The first-order valence-electron chi connectivity index (χ1n) is 6.33. The van der Waals surface area contributed by atoms with Crippen LogP contribution in [0.2, 0.25) is 0 Å². The Hall–Kier alpha value is -2.47. The minimum absolute atomic E-state index is 0.112. The van der Waals surface area contributed by atoms with Crippen LogP contribution in [-0.4, -0.2) is 13.4 Å². The highest BCUT2D eigenvalue weighted by Crippen LogP contribution is 2.11. The zero-order chi connectivity index (χ0) is 14.9. The zero-order valence-corrected chi connectivity index (χ0v) is 12.1. The molecule has 1 aromatic heterocycles. The number of fused-ring (bicyclic) bond motifs is 1. The number of aromatic nitrogens is 2. The van der Waals surface area contributed by atoms with E-state index in [9.17, 15) is 8.42 Å². The first kappa shape index (κ1) is 13.5. The summed E-state index contributed by atoms with van der Waals surface area (Å²) in [6, 6.07) is 13.7. The molecule has 0 amide bonds. The molecule has 21 heavy (non-hydrogen) atoms. The highest BCUT2D eigenvalue weighted by atomic mass is 32.2. The molecule has 2 aromatic carbocycles. The number of para-hydroxylation sites is 2. The minimum Gasteiger partial charge on any atom is -0.243 e. The molecule has 5 nitrogen and oxygen atoms in total. The molecule has 0 N–H and O–H groups in total. The van der Waals surface area contributed by atoms with Crippen LogP contribution in [-0.2, 0) is 10.1 Å². The van der Waals surface area contributed by atoms with E-state index in [0.29, 0.717) is 11.0 Å². The van der Waals surface area contributed by atoms with Gasteiger partial charge in [-0.05, 0) is 25.1 Å². The van der Waals surface area contributed by atoms with Gasteiger partial charge in [0.15, 0.2) is 0 Å². The first-order chi connectivity index (χ1) is 10.1. The Morgan fingerprint density at radius 2 is 1.76 bits per heavy atom. The standard InChI is InChI=1S/C15H13N2O3S/c1-12-6-8-13(9-7-12)21(18,19)20-17-11-10-16-14-4-2-3-5-15(14)17/h2-11H,1H3/q+1. The summed E-state index contributed by atoms with van der Waals surface area (Å²) < 4.78 is 31.0. The Morgan fingerprint density at radius 3 is 2.52 bits per heavy atom. The monoisotopic (exact) mass is 301 g/mol. The third-order valence-electron chi connectivity index (χ3n) is 3.02. The topological polar surface area (TPSA) is 60.1 Å². The van der Waals surface area contributed by atoms with Crippen molar-refractivity contribution in [3.05, 3.63) is 66.5 Å². The van der Waals surface area contributed by atoms with Crippen molar-refractivity contribution < 1.29 is 17.4 Å². The molecule has 0 atom stereocenters. The lowest BCUT2D eigenvalue weighted by Crippen LogP contribution is -2.46. The number of aryl methyl sites for hydroxylation is 1. The molecule has 0 bridgehead atoms. The summed E-state index contributed by atoms with van der Waals surface area (Å²) >= 11 is 0. The van der Waals surface area contributed by atoms with Gasteiger partial charge in [0.25, 0.3) is 5.52 Å². The third-order valence-corrected chi connectivity index (χ3v) is 4.23. The van der Waals surface area contributed by atoms with E-state index in [1.54, 1.807) is 30.3 Å². The predicted octanol–water partition coefficient (Wildman–Crippen LogP) is 1.65. The Labute approximate surface area is 122 Å². The lowest BCUT2D eigenvalue weighted by Gasteiger charge is -2.02. The molecule has 6 heteroatoms. The van der Waals surface area contributed by atoms with Crippen molar-refractivity contribution in [1.82, 2.24) is 4.98 Å². The molecule has 1 heterocycles. The van der Waals surface area contributed by atoms with Gasteiger partial charge in [-0.25, -0.2) is 4.98 Å². The summed E-state index contributed by atoms with van der Waals surface area (Å²) in [7, 11) is -3.89. The van der Waals surface area contributed by atoms with Crippen LogP contribution in [0.3, 0.4) is 0 Å². The molecule has 0 fully saturated rings. The average Bonchev–Trinajstić information content (AvgIpc) is 2.48. The summed E-state index contributed by atoms with van der Waals surface area (Å²) in [5.74, 6) is 0. The van der Waals surface area contributed by atoms with Crippen LogP contribution in [0.1, 0.15) is 5.56 Å². The Kier molecular flexibility index (Phi) is 3.31. The second-order valence-electron chi connectivity index (χ2n) is 4.58. The van der Waals surface area contributed by atoms with Gasteiger partial charge < -0.3 is 0 Å². The molecule has 0 aliphatic heterocycles. The average molecular weight is 301 g/mol. The first-order valence-corrected chi connectivity index (χ1v) is 7.74. The maximum atomic E-state index is 12.3. The number of benzene rings is 2. The van der Waals surface area contributed by atoms with Gasteiger partial charge in [0, 0.05) is 10.8 Å². The van der Waals surface area contributed by atoms with Crippen molar-refractivity contribution in [3.8, 4) is 0 Å². The van der Waals surface area contributed by atoms with E-state index in [1.807, 2.05) is 13.0 Å². The zero-order valence-electron chi connectivity index (χ0n) is 11.3. The fraction of sp³-hybridized carbons (Fsp3) is 0.0667. The van der Waals surface area contributed by atoms with E-state index in [1.165, 1.54) is 29.3 Å². The van der Waals surface area contributed by atoms with Gasteiger partial charge in [-0.15, -0.1) is 4.28 Å². The van der Waals surface area contributed by atoms with Crippen LogP contribution in [0.5, 0.6) is 0 Å². The van der Waals surface area contributed by atoms with Crippen LogP contribution < -0.4 is 9.01 Å². The van der Waals surface area contributed by atoms with Gasteiger partial charge in [0.05, 0.1) is 6.20 Å². The van der Waals surface area contributed by atoms with Gasteiger partial charge >= 0.3 is 10.1 Å². The summed E-state index contributed by atoms with van der Waals surface area (Å²) in [6.07, 6.45) is 2.96. The summed E-state index contributed by atoms with van der Waals surface area (Å²) in [4.78, 5) is 4.27. The SMILES string of the molecule is Cc1ccc(S(=O)(=O)O[n+]2ccnc3ccccc32)cc1. The Morgan fingerprint density at radius 1 is 1.05 bits per heavy atom. The fourth-order valence-electron chi connectivity index (χ4n) is 1.93. The smallest absolute Gasteiger partial charge is 0.243 e. The number of nitrogens with zero attached hydrogens (tertiary/aromatic N) is 2. The lowest BCUT2D eigenvalue weighted by atomic mass is 10.2. The van der Waals surface area contributed by atoms with Crippen molar-refractivity contribution in [2.24, 2.45) is 0 Å². The van der Waals surface area contributed by atoms with Crippen molar-refractivity contribution >= 4 is 21.2 Å². The Bertz CT molecular complexity index is 885. The van der Waals surface area contributed by atoms with Gasteiger partial charge in [-0.3, -0.25) is 0 Å². The summed E-state index contributed by atoms with van der Waals surface area (Å²) in [5, 5.41) is 0. The van der Waals surface area contributed by atoms with Crippen LogP contribution in [0.4, 0.5) is 0 Å². The van der Waals surface area contributed by atoms with Gasteiger partial charge in [0.1, 0.15) is 10.4 Å². The molecule has 0 unspecified atom stereocenters. The van der Waals surface area contributed by atoms with E-state index >= 15 is 0 Å². The van der Waals surface area contributed by atoms with E-state index in [-0.39, 0.29) is 4.90 Å². The molecule has 0 aliphatic carbocycles. The normalized spacial score (nSPS) is 11.5. The molecular formula is C15H13N2O3S+. The largest absolute Gasteiger partial charge is 0.396 e. The van der Waals surface area contributed by atoms with E-state index in [4.69, 9.17) is 4.28 Å². The van der Waals surface area contributed by atoms with E-state index in [0.717, 1.165) is 5.56 Å². The van der Waals surface area contributed by atoms with Crippen molar-refractivity contribution in [2.75, 3.05) is 0 Å². The second kappa shape index (κ2) is 5.14. The van der Waals surface area contributed by atoms with E-state index in [2.05, 4.69) is 4.98 Å². The molecule has 0 saturated carbocycles. The van der Waals surface area contributed by atoms with Crippen LogP contribution in [0, 0.1) is 6.92 Å². The second-order valence-corrected chi connectivity index (χ2v) is 6.11. The highest BCUT2D eigenvalue weighted by Gasteiger charge is 2.23. The van der Waals surface area contributed by atoms with Gasteiger partial charge in [-0.2, -0.15) is 8.42 Å². The van der Waals surface area contributed by atoms with Crippen LogP contribution in [0.15, 0.2) is 65.8 Å². The van der Waals surface area contributed by atoms with E-state index < -0.39 is 10.1 Å². The minimum atomic E-state index is -3.89. The van der Waals surface area contributed by atoms with Crippen LogP contribution >= 0.6 is 0 Å². The quantitative estimate of drug-likeness (QED) is 0.690.